The summed E-state index contributed by atoms with van der Waals surface area (Å²) < 4.78 is 5.46. The number of esters is 1. The molecule has 3 saturated heterocycles. The highest BCUT2D eigenvalue weighted by Crippen LogP contribution is 2.51. The van der Waals surface area contributed by atoms with Gasteiger partial charge in [-0.25, -0.2) is 0 Å². The fourth-order valence-electron chi connectivity index (χ4n) is 5.77. The summed E-state index contributed by atoms with van der Waals surface area (Å²) in [4.78, 5) is 20.8. The first-order valence-electron chi connectivity index (χ1n) is 14.3. The quantitative estimate of drug-likeness (QED) is 0.156. The molecule has 0 spiro atoms. The second-order valence-corrected chi connectivity index (χ2v) is 10.9. The normalized spacial score (nSPS) is 32.1. The average Bonchev–Trinajstić information content (AvgIpc) is 3.70. The Labute approximate surface area is 207 Å². The van der Waals surface area contributed by atoms with Gasteiger partial charge < -0.3 is 14.9 Å². The van der Waals surface area contributed by atoms with Crippen molar-refractivity contribution in [2.24, 2.45) is 0 Å². The molecule has 0 bridgehead atoms. The van der Waals surface area contributed by atoms with Crippen molar-refractivity contribution in [3.63, 3.8) is 0 Å². The van der Waals surface area contributed by atoms with Gasteiger partial charge >= 0.3 is 5.97 Å². The van der Waals surface area contributed by atoms with Crippen LogP contribution in [0, 0.1) is 0 Å². The fraction of sp³-hybridized carbons (Fsp3) is 0.963. The number of carbonyl (C=O) groups excluding carboxylic acids is 1. The van der Waals surface area contributed by atoms with E-state index >= 15 is 0 Å². The van der Waals surface area contributed by atoms with E-state index in [0.717, 1.165) is 19.6 Å². The average molecular weight is 482 g/mol. The predicted octanol–water partition coefficient (Wildman–Crippen LogP) is 3.72. The maximum Gasteiger partial charge on any atom is 0.310 e. The first kappa shape index (κ1) is 27.9. The van der Waals surface area contributed by atoms with Crippen LogP contribution in [0.1, 0.15) is 104 Å². The Morgan fingerprint density at radius 3 is 1.59 bits per heavy atom. The van der Waals surface area contributed by atoms with Gasteiger partial charge in [0.25, 0.3) is 0 Å². The molecule has 0 amide bonds. The molecule has 3 heterocycles. The van der Waals surface area contributed by atoms with Crippen molar-refractivity contribution in [2.45, 2.75) is 134 Å². The minimum absolute atomic E-state index is 0.134. The van der Waals surface area contributed by atoms with Crippen LogP contribution in [0.25, 0.3) is 0 Å². The molecule has 3 rings (SSSR count). The largest absolute Gasteiger partial charge is 0.463 e. The van der Waals surface area contributed by atoms with Crippen LogP contribution < -0.4 is 0 Å². The van der Waals surface area contributed by atoms with Crippen LogP contribution >= 0.6 is 0 Å². The Balaban J connectivity index is 1.73. The second kappa shape index (κ2) is 13.5. The minimum Gasteiger partial charge on any atom is -0.463 e. The highest BCUT2D eigenvalue weighted by atomic mass is 16.5. The first-order chi connectivity index (χ1) is 16.5. The number of nitrogens with zero attached hydrogens (tertiary/aromatic N) is 3. The molecule has 7 nitrogen and oxygen atoms in total. The van der Waals surface area contributed by atoms with Gasteiger partial charge in [0, 0.05) is 37.8 Å². The van der Waals surface area contributed by atoms with Crippen LogP contribution in [0.4, 0.5) is 0 Å². The van der Waals surface area contributed by atoms with E-state index in [2.05, 4.69) is 35.5 Å². The Hall–Kier alpha value is -0.730. The van der Waals surface area contributed by atoms with E-state index < -0.39 is 6.10 Å². The second-order valence-electron chi connectivity index (χ2n) is 10.9. The number of aliphatic hydroxyl groups excluding tert-OH is 2. The van der Waals surface area contributed by atoms with Crippen LogP contribution in [0.2, 0.25) is 0 Å². The lowest BCUT2D eigenvalue weighted by molar-refractivity contribution is -0.156. The fourth-order valence-corrected chi connectivity index (χ4v) is 5.77. The van der Waals surface area contributed by atoms with Gasteiger partial charge in [-0.1, -0.05) is 78.6 Å². The molecule has 0 radical (unpaired) electrons. The van der Waals surface area contributed by atoms with E-state index in [9.17, 15) is 9.90 Å². The summed E-state index contributed by atoms with van der Waals surface area (Å²) in [6.45, 7) is 9.41. The Morgan fingerprint density at radius 1 is 0.824 bits per heavy atom. The van der Waals surface area contributed by atoms with Crippen molar-refractivity contribution in [2.75, 3.05) is 32.8 Å². The van der Waals surface area contributed by atoms with Crippen LogP contribution in [-0.2, 0) is 9.53 Å². The lowest BCUT2D eigenvalue weighted by Crippen LogP contribution is -2.56. The standard InChI is InChI=1S/C27H51N3O4/c1-4-7-10-13-22-17-28(22)27(16-26(33)34-21-25(32)20-31,29-18-23(29)14-11-8-5-2)30-19-24(30)15-12-9-6-3/h22-25,31-32H,4-21H2,1-3H3. The van der Waals surface area contributed by atoms with E-state index in [1.807, 2.05) is 0 Å². The number of carbonyl (C=O) groups is 1. The van der Waals surface area contributed by atoms with Gasteiger partial charge in [0.05, 0.1) is 13.0 Å². The molecule has 3 aliphatic heterocycles. The molecule has 0 saturated carbocycles. The summed E-state index contributed by atoms with van der Waals surface area (Å²) in [5.74, 6) is -0.628. The maximum atomic E-state index is 13.1. The molecule has 3 fully saturated rings. The molecule has 3 aliphatic rings. The number of unbranched alkanes of at least 4 members (excludes halogenated alkanes) is 6. The summed E-state index contributed by atoms with van der Waals surface area (Å²) in [5.41, 5.74) is 0. The van der Waals surface area contributed by atoms with E-state index in [1.165, 1.54) is 77.0 Å². The van der Waals surface area contributed by atoms with Gasteiger partial charge in [0.2, 0.25) is 0 Å². The number of aliphatic hydroxyl groups is 2. The van der Waals surface area contributed by atoms with Gasteiger partial charge in [-0.2, -0.15) is 0 Å². The van der Waals surface area contributed by atoms with Crippen molar-refractivity contribution in [1.82, 2.24) is 14.7 Å². The number of hydrogen-bond donors (Lipinski definition) is 2. The summed E-state index contributed by atoms with van der Waals surface area (Å²) in [6.07, 6.45) is 14.2. The summed E-state index contributed by atoms with van der Waals surface area (Å²) in [5, 5.41) is 18.8. The van der Waals surface area contributed by atoms with Crippen molar-refractivity contribution in [3.05, 3.63) is 0 Å². The Kier molecular flexibility index (Phi) is 11.1. The third kappa shape index (κ3) is 7.39. The highest BCUT2D eigenvalue weighted by molar-refractivity contribution is 5.71. The van der Waals surface area contributed by atoms with Gasteiger partial charge in [0.1, 0.15) is 18.5 Å². The summed E-state index contributed by atoms with van der Waals surface area (Å²) in [7, 11) is 0. The van der Waals surface area contributed by atoms with Crippen LogP contribution in [0.5, 0.6) is 0 Å². The third-order valence-electron chi connectivity index (χ3n) is 7.98. The zero-order valence-corrected chi connectivity index (χ0v) is 22.1. The predicted molar refractivity (Wildman–Crippen MR) is 135 cm³/mol. The SMILES string of the molecule is CCCCCC1CN1C(CC(=O)OCC(O)CO)(N1CC1CCCCC)N1CC1CCCCC. The topological polar surface area (TPSA) is 75.8 Å². The van der Waals surface area contributed by atoms with E-state index in [4.69, 9.17) is 9.84 Å². The highest BCUT2D eigenvalue weighted by Gasteiger charge is 2.67. The van der Waals surface area contributed by atoms with Crippen LogP contribution in [0.15, 0.2) is 0 Å². The molecular formula is C27H51N3O4. The lowest BCUT2D eigenvalue weighted by Gasteiger charge is -2.40. The number of rotatable bonds is 20. The third-order valence-corrected chi connectivity index (χ3v) is 7.98. The van der Waals surface area contributed by atoms with E-state index in [0.29, 0.717) is 24.5 Å². The Morgan fingerprint density at radius 2 is 1.24 bits per heavy atom. The Bertz CT molecular complexity index is 559. The molecule has 2 N–H and O–H groups in total. The summed E-state index contributed by atoms with van der Waals surface area (Å²) in [6, 6.07) is 1.66. The van der Waals surface area contributed by atoms with Crippen LogP contribution in [0.3, 0.4) is 0 Å². The monoisotopic (exact) mass is 481 g/mol. The minimum atomic E-state index is -1.01. The molecular weight excluding hydrogens is 430 g/mol. The molecule has 198 valence electrons. The molecule has 7 heteroatoms. The molecule has 0 aromatic heterocycles. The molecule has 0 aromatic carbocycles. The van der Waals surface area contributed by atoms with Gasteiger partial charge in [-0.3, -0.25) is 19.5 Å². The zero-order chi connectivity index (χ0) is 24.6. The van der Waals surface area contributed by atoms with E-state index in [-0.39, 0.29) is 25.0 Å². The maximum absolute atomic E-state index is 13.1. The molecule has 7 unspecified atom stereocenters. The zero-order valence-electron chi connectivity index (χ0n) is 22.1. The van der Waals surface area contributed by atoms with Crippen LogP contribution in [-0.4, -0.2) is 93.7 Å². The number of ether oxygens (including phenoxy) is 1. The van der Waals surface area contributed by atoms with Crippen molar-refractivity contribution >= 4 is 5.97 Å². The lowest BCUT2D eigenvalue weighted by atomic mass is 10.1. The molecule has 0 aromatic rings. The smallest absolute Gasteiger partial charge is 0.310 e. The molecule has 34 heavy (non-hydrogen) atoms. The van der Waals surface area contributed by atoms with Gasteiger partial charge in [-0.15, -0.1) is 0 Å². The first-order valence-corrected chi connectivity index (χ1v) is 14.3. The number of hydrogen-bond acceptors (Lipinski definition) is 7. The van der Waals surface area contributed by atoms with Crippen molar-refractivity contribution < 1.29 is 19.7 Å². The molecule has 0 aliphatic carbocycles. The van der Waals surface area contributed by atoms with E-state index in [1.54, 1.807) is 0 Å². The van der Waals surface area contributed by atoms with Gasteiger partial charge in [-0.05, 0) is 19.3 Å². The molecule has 7 atom stereocenters. The summed E-state index contributed by atoms with van der Waals surface area (Å²) >= 11 is 0. The van der Waals surface area contributed by atoms with Crippen molar-refractivity contribution in [1.29, 1.82) is 0 Å². The van der Waals surface area contributed by atoms with Gasteiger partial charge in [0.15, 0.2) is 0 Å². The van der Waals surface area contributed by atoms with Crippen molar-refractivity contribution in [3.8, 4) is 0 Å².